The minimum Gasteiger partial charge on any atom is -0.296 e. The second-order valence-corrected chi connectivity index (χ2v) is 13.4. The Kier molecular flexibility index (Phi) is 11.2. The first kappa shape index (κ1) is 34.2. The van der Waals surface area contributed by atoms with Crippen LogP contribution in [-0.2, 0) is 19.4 Å². The van der Waals surface area contributed by atoms with Gasteiger partial charge in [-0.1, -0.05) is 67.0 Å². The van der Waals surface area contributed by atoms with Gasteiger partial charge in [0.2, 0.25) is 0 Å². The van der Waals surface area contributed by atoms with Crippen molar-refractivity contribution in [2.24, 2.45) is 23.2 Å². The van der Waals surface area contributed by atoms with Crippen molar-refractivity contribution >= 4 is 80.9 Å². The van der Waals surface area contributed by atoms with Crippen LogP contribution in [0.3, 0.4) is 0 Å². The first-order valence-electron chi connectivity index (χ1n) is 15.7. The molecule has 0 amide bonds. The van der Waals surface area contributed by atoms with Crippen LogP contribution in [0.1, 0.15) is 80.9 Å². The molecule has 0 saturated heterocycles. The molecule has 2 aromatic carbocycles. The Balaban J connectivity index is 0.00000192. The number of H-pyrrole nitrogens is 1. The number of benzene rings is 2. The van der Waals surface area contributed by atoms with Gasteiger partial charge in [0.05, 0.1) is 5.69 Å². The summed E-state index contributed by atoms with van der Waals surface area (Å²) in [6, 6.07) is 16.2. The van der Waals surface area contributed by atoms with Crippen molar-refractivity contribution in [3.8, 4) is 22.5 Å². The zero-order valence-electron chi connectivity index (χ0n) is 26.7. The fourth-order valence-corrected chi connectivity index (χ4v) is 8.78. The summed E-state index contributed by atoms with van der Waals surface area (Å²) in [5.74, 6) is 3.29. The van der Waals surface area contributed by atoms with Crippen LogP contribution in [0.25, 0.3) is 22.5 Å². The van der Waals surface area contributed by atoms with E-state index in [0.717, 1.165) is 82.9 Å². The van der Waals surface area contributed by atoms with Gasteiger partial charge < -0.3 is 0 Å². The standard InChI is InChI=1S/C35H40N4O3.K.Na/c1-3-4-9-31-30(33(40)39(22(2)36-31)21-35-18-24-14-25(19-35)16-26(15-24)20-35)17-23-10-12-27(13-11-23)28-7-5-6-8-29(28)32-37-34(41)42-38-32;;/h5-8,10-13,24-26H,3-4,9,14-21H2,1-2H3,(H,37,38,41);;. The van der Waals surface area contributed by atoms with E-state index in [1.807, 2.05) is 35.8 Å². The number of aromatic nitrogens is 4. The average Bonchev–Trinajstić information content (AvgIpc) is 3.41. The maximum Gasteiger partial charge on any atom is 0.439 e. The minimum absolute atomic E-state index is 0. The van der Waals surface area contributed by atoms with Crippen molar-refractivity contribution in [1.29, 1.82) is 0 Å². The summed E-state index contributed by atoms with van der Waals surface area (Å²) >= 11 is 0. The fourth-order valence-electron chi connectivity index (χ4n) is 8.78. The molecule has 4 fully saturated rings. The summed E-state index contributed by atoms with van der Waals surface area (Å²) in [6.45, 7) is 5.05. The molecule has 4 saturated carbocycles. The summed E-state index contributed by atoms with van der Waals surface area (Å²) in [4.78, 5) is 33.6. The Morgan fingerprint density at radius 2 is 1.59 bits per heavy atom. The van der Waals surface area contributed by atoms with Gasteiger partial charge in [-0.15, -0.1) is 0 Å². The van der Waals surface area contributed by atoms with Gasteiger partial charge in [0.15, 0.2) is 5.82 Å². The second-order valence-electron chi connectivity index (χ2n) is 13.4. The Bertz CT molecular complexity index is 1690. The van der Waals surface area contributed by atoms with E-state index < -0.39 is 5.76 Å². The fraction of sp³-hybridized carbons (Fsp3) is 0.486. The van der Waals surface area contributed by atoms with Gasteiger partial charge in [-0.25, -0.2) is 9.78 Å². The number of aryl methyl sites for hydroxylation is 2. The molecule has 0 aliphatic heterocycles. The molecule has 220 valence electrons. The molecule has 4 aliphatic rings. The Labute approximate surface area is 323 Å². The third-order valence-corrected chi connectivity index (χ3v) is 10.2. The van der Waals surface area contributed by atoms with E-state index in [4.69, 9.17) is 9.51 Å². The van der Waals surface area contributed by atoms with Crippen LogP contribution >= 0.6 is 0 Å². The molecule has 0 atom stereocenters. The molecule has 4 bridgehead atoms. The number of hydrogen-bond donors (Lipinski definition) is 1. The van der Waals surface area contributed by atoms with Crippen LogP contribution in [0.2, 0.25) is 0 Å². The topological polar surface area (TPSA) is 93.8 Å². The van der Waals surface area contributed by atoms with Crippen LogP contribution in [0.15, 0.2) is 62.6 Å². The van der Waals surface area contributed by atoms with Gasteiger partial charge in [0.25, 0.3) is 5.56 Å². The van der Waals surface area contributed by atoms with Crippen LogP contribution in [0.5, 0.6) is 0 Å². The van der Waals surface area contributed by atoms with Crippen molar-refractivity contribution in [1.82, 2.24) is 19.7 Å². The van der Waals surface area contributed by atoms with Crippen molar-refractivity contribution in [3.63, 3.8) is 0 Å². The van der Waals surface area contributed by atoms with Gasteiger partial charge in [-0.05, 0) is 98.1 Å². The predicted octanol–water partition coefficient (Wildman–Crippen LogP) is 5.95. The van der Waals surface area contributed by atoms with Crippen molar-refractivity contribution in [3.05, 3.63) is 92.1 Å². The largest absolute Gasteiger partial charge is 0.439 e. The summed E-state index contributed by atoms with van der Waals surface area (Å²) in [5, 5.41) is 3.88. The van der Waals surface area contributed by atoms with E-state index in [1.54, 1.807) is 0 Å². The molecule has 2 radical (unpaired) electrons. The Morgan fingerprint density at radius 3 is 2.18 bits per heavy atom. The van der Waals surface area contributed by atoms with Crippen LogP contribution in [-0.4, -0.2) is 101 Å². The third kappa shape index (κ3) is 6.93. The zero-order chi connectivity index (χ0) is 28.8. The maximum absolute atomic E-state index is 14.3. The first-order chi connectivity index (χ1) is 20.4. The van der Waals surface area contributed by atoms with Crippen LogP contribution in [0.4, 0.5) is 0 Å². The molecule has 4 aromatic rings. The van der Waals surface area contributed by atoms with Gasteiger partial charge in [0, 0.05) is 105 Å². The maximum atomic E-state index is 14.3. The summed E-state index contributed by atoms with van der Waals surface area (Å²) < 4.78 is 6.78. The number of rotatable bonds is 9. The van der Waals surface area contributed by atoms with E-state index >= 15 is 0 Å². The van der Waals surface area contributed by atoms with E-state index in [-0.39, 0.29) is 91.9 Å². The van der Waals surface area contributed by atoms with Gasteiger partial charge in [-0.2, -0.15) is 0 Å². The smallest absolute Gasteiger partial charge is 0.296 e. The van der Waals surface area contributed by atoms with Crippen molar-refractivity contribution in [2.45, 2.75) is 84.6 Å². The van der Waals surface area contributed by atoms with Gasteiger partial charge in [-0.3, -0.25) is 18.9 Å². The van der Waals surface area contributed by atoms with Gasteiger partial charge >= 0.3 is 5.76 Å². The number of unbranched alkanes of at least 4 members (excludes halogenated alkanes) is 1. The van der Waals surface area contributed by atoms with Gasteiger partial charge in [0.1, 0.15) is 5.82 Å². The van der Waals surface area contributed by atoms with Crippen molar-refractivity contribution in [2.75, 3.05) is 0 Å². The molecule has 44 heavy (non-hydrogen) atoms. The molecule has 2 heterocycles. The van der Waals surface area contributed by atoms with E-state index in [2.05, 4.69) is 41.3 Å². The van der Waals surface area contributed by atoms with Crippen LogP contribution in [0, 0.1) is 30.1 Å². The molecule has 4 aliphatic carbocycles. The van der Waals surface area contributed by atoms with E-state index in [1.165, 1.54) is 38.5 Å². The van der Waals surface area contributed by atoms with E-state index in [0.29, 0.717) is 12.2 Å². The zero-order valence-corrected chi connectivity index (χ0v) is 31.8. The summed E-state index contributed by atoms with van der Waals surface area (Å²) in [7, 11) is 0. The Morgan fingerprint density at radius 1 is 0.955 bits per heavy atom. The minimum atomic E-state index is -0.574. The molecule has 0 unspecified atom stereocenters. The second kappa shape index (κ2) is 14.3. The molecule has 2 aromatic heterocycles. The molecule has 9 heteroatoms. The monoisotopic (exact) mass is 626 g/mol. The normalized spacial score (nSPS) is 23.3. The van der Waals surface area contributed by atoms with E-state index in [9.17, 15) is 9.59 Å². The number of hydrogen-bond acceptors (Lipinski definition) is 5. The summed E-state index contributed by atoms with van der Waals surface area (Å²) in [6.07, 6.45) is 11.6. The molecule has 7 nitrogen and oxygen atoms in total. The molecular formula is C35H40KN4NaO3. The molecule has 1 N–H and O–H groups in total. The number of nitrogens with zero attached hydrogens (tertiary/aromatic N) is 3. The first-order valence-corrected chi connectivity index (χ1v) is 15.7. The molecular weight excluding hydrogens is 586 g/mol. The number of nitrogens with one attached hydrogen (secondary N) is 1. The third-order valence-electron chi connectivity index (χ3n) is 10.2. The predicted molar refractivity (Wildman–Crippen MR) is 175 cm³/mol. The van der Waals surface area contributed by atoms with Crippen molar-refractivity contribution < 1.29 is 4.52 Å². The van der Waals surface area contributed by atoms with Crippen LogP contribution < -0.4 is 11.3 Å². The summed E-state index contributed by atoms with van der Waals surface area (Å²) in [5.41, 5.74) is 6.10. The Hall–Kier alpha value is -1.10. The molecule has 8 rings (SSSR count). The number of aromatic amines is 1. The molecule has 0 spiro atoms. The quantitative estimate of drug-likeness (QED) is 0.232. The average molecular weight is 627 g/mol. The SMILES string of the molecule is CCCCc1nc(C)n(CC23CC4CC(CC(C4)C2)C3)c(=O)c1Cc1ccc(-c2ccccc2-c2noc(=O)[nH]2)cc1.[K].[Na].